The van der Waals surface area contributed by atoms with Gasteiger partial charge in [0.1, 0.15) is 0 Å². The highest BCUT2D eigenvalue weighted by Crippen LogP contribution is 2.11. The average molecular weight is 320 g/mol. The number of hydrogen-bond donors (Lipinski definition) is 2. The van der Waals surface area contributed by atoms with E-state index in [0.717, 1.165) is 12.8 Å². The molecule has 1 fully saturated rings. The Balaban J connectivity index is 1.76. The maximum atomic E-state index is 11.5. The van der Waals surface area contributed by atoms with Gasteiger partial charge in [0.15, 0.2) is 0 Å². The van der Waals surface area contributed by atoms with Gasteiger partial charge in [0.05, 0.1) is 17.2 Å². The fourth-order valence-corrected chi connectivity index (χ4v) is 1.99. The summed E-state index contributed by atoms with van der Waals surface area (Å²) in [5.74, 6) is -1.68. The number of carbonyl (C=O) groups is 2. The van der Waals surface area contributed by atoms with Gasteiger partial charge in [-0.3, -0.25) is 19.7 Å². The Hall–Kier alpha value is -2.81. The Morgan fingerprint density at radius 1 is 1.35 bits per heavy atom. The zero-order chi connectivity index (χ0) is 16.7. The van der Waals surface area contributed by atoms with Crippen molar-refractivity contribution in [2.75, 3.05) is 13.2 Å². The van der Waals surface area contributed by atoms with E-state index in [4.69, 9.17) is 4.74 Å². The number of hydrogen-bond acceptors (Lipinski definition) is 6. The van der Waals surface area contributed by atoms with Gasteiger partial charge in [-0.05, 0) is 30.5 Å². The predicted molar refractivity (Wildman–Crippen MR) is 80.8 cm³/mol. The van der Waals surface area contributed by atoms with Gasteiger partial charge in [-0.2, -0.15) is 5.10 Å². The summed E-state index contributed by atoms with van der Waals surface area (Å²) in [4.78, 5) is 33.0. The van der Waals surface area contributed by atoms with Crippen molar-refractivity contribution in [3.05, 3.63) is 39.9 Å². The number of nitrogens with zero attached hydrogens (tertiary/aromatic N) is 2. The molecule has 1 heterocycles. The number of nitro groups is 1. The number of non-ortho nitro benzene ring substituents is 1. The summed E-state index contributed by atoms with van der Waals surface area (Å²) < 4.78 is 5.32. The quantitative estimate of drug-likeness (QED) is 0.350. The Bertz CT molecular complexity index is 608. The molecule has 1 aliphatic rings. The maximum absolute atomic E-state index is 11.5. The third kappa shape index (κ3) is 5.15. The molecule has 0 radical (unpaired) electrons. The fraction of sp³-hybridized carbons (Fsp3) is 0.357. The Kier molecular flexibility index (Phi) is 5.75. The van der Waals surface area contributed by atoms with E-state index in [-0.39, 0.29) is 11.8 Å². The molecule has 1 atom stereocenters. The van der Waals surface area contributed by atoms with Crippen LogP contribution in [0.25, 0.3) is 0 Å². The maximum Gasteiger partial charge on any atom is 0.329 e. The second-order valence-electron chi connectivity index (χ2n) is 4.89. The molecule has 1 saturated heterocycles. The number of hydrazone groups is 1. The van der Waals surface area contributed by atoms with E-state index >= 15 is 0 Å². The van der Waals surface area contributed by atoms with Crippen LogP contribution in [0.3, 0.4) is 0 Å². The minimum atomic E-state index is -0.888. The topological polar surface area (TPSA) is 123 Å². The van der Waals surface area contributed by atoms with Crippen LogP contribution in [0.2, 0.25) is 0 Å². The van der Waals surface area contributed by atoms with E-state index < -0.39 is 16.7 Å². The van der Waals surface area contributed by atoms with E-state index in [0.29, 0.717) is 18.7 Å². The zero-order valence-electron chi connectivity index (χ0n) is 12.2. The van der Waals surface area contributed by atoms with Crippen molar-refractivity contribution in [3.63, 3.8) is 0 Å². The molecule has 1 aromatic carbocycles. The summed E-state index contributed by atoms with van der Waals surface area (Å²) in [5.41, 5.74) is 2.60. The van der Waals surface area contributed by atoms with Crippen LogP contribution in [0, 0.1) is 10.1 Å². The van der Waals surface area contributed by atoms with Crippen molar-refractivity contribution in [1.82, 2.24) is 10.7 Å². The van der Waals surface area contributed by atoms with Crippen LogP contribution in [0.1, 0.15) is 18.4 Å². The minimum Gasteiger partial charge on any atom is -0.376 e. The van der Waals surface area contributed by atoms with E-state index in [2.05, 4.69) is 15.8 Å². The van der Waals surface area contributed by atoms with Gasteiger partial charge in [-0.25, -0.2) is 5.43 Å². The van der Waals surface area contributed by atoms with Gasteiger partial charge < -0.3 is 10.1 Å². The third-order valence-electron chi connectivity index (χ3n) is 3.20. The standard InChI is InChI=1S/C14H16N4O5/c19-13(15-9-12-2-1-7-23-12)14(20)17-16-8-10-3-5-11(6-4-10)18(21)22/h3-6,8,12H,1-2,7,9H2,(H,15,19)(H,17,20)/b16-8+. The third-order valence-corrected chi connectivity index (χ3v) is 3.20. The molecule has 0 bridgehead atoms. The minimum absolute atomic E-state index is 0.0419. The molecule has 9 heteroatoms. The van der Waals surface area contributed by atoms with Gasteiger partial charge in [0, 0.05) is 25.3 Å². The molecule has 122 valence electrons. The Morgan fingerprint density at radius 3 is 2.70 bits per heavy atom. The molecule has 1 aliphatic heterocycles. The number of nitro benzene ring substituents is 1. The fourth-order valence-electron chi connectivity index (χ4n) is 1.99. The van der Waals surface area contributed by atoms with E-state index in [9.17, 15) is 19.7 Å². The number of carbonyl (C=O) groups excluding carboxylic acids is 2. The molecular weight excluding hydrogens is 304 g/mol. The van der Waals surface area contributed by atoms with Gasteiger partial charge in [0.2, 0.25) is 0 Å². The predicted octanol–water partition coefficient (Wildman–Crippen LogP) is 0.340. The monoisotopic (exact) mass is 320 g/mol. The Morgan fingerprint density at radius 2 is 2.09 bits per heavy atom. The second kappa shape index (κ2) is 7.99. The lowest BCUT2D eigenvalue weighted by Gasteiger charge is -2.09. The molecule has 0 aliphatic carbocycles. The van der Waals surface area contributed by atoms with E-state index in [1.54, 1.807) is 0 Å². The van der Waals surface area contributed by atoms with Crippen LogP contribution in [-0.2, 0) is 14.3 Å². The van der Waals surface area contributed by atoms with Crippen LogP contribution >= 0.6 is 0 Å². The van der Waals surface area contributed by atoms with Crippen LogP contribution in [0.5, 0.6) is 0 Å². The van der Waals surface area contributed by atoms with Crippen molar-refractivity contribution in [1.29, 1.82) is 0 Å². The average Bonchev–Trinajstić information content (AvgIpc) is 3.06. The second-order valence-corrected chi connectivity index (χ2v) is 4.89. The van der Waals surface area contributed by atoms with Crippen molar-refractivity contribution in [2.45, 2.75) is 18.9 Å². The lowest BCUT2D eigenvalue weighted by molar-refractivity contribution is -0.384. The van der Waals surface area contributed by atoms with Crippen molar-refractivity contribution in [3.8, 4) is 0 Å². The van der Waals surface area contributed by atoms with Crippen molar-refractivity contribution >= 4 is 23.7 Å². The molecule has 0 saturated carbocycles. The highest BCUT2D eigenvalue weighted by Gasteiger charge is 2.18. The first-order chi connectivity index (χ1) is 11.1. The van der Waals surface area contributed by atoms with Crippen LogP contribution in [0.15, 0.2) is 29.4 Å². The van der Waals surface area contributed by atoms with Gasteiger partial charge in [-0.1, -0.05) is 0 Å². The molecule has 2 N–H and O–H groups in total. The van der Waals surface area contributed by atoms with Gasteiger partial charge in [-0.15, -0.1) is 0 Å². The van der Waals surface area contributed by atoms with Crippen LogP contribution in [0.4, 0.5) is 5.69 Å². The zero-order valence-corrected chi connectivity index (χ0v) is 12.2. The largest absolute Gasteiger partial charge is 0.376 e. The summed E-state index contributed by atoms with van der Waals surface area (Å²) in [6.07, 6.45) is 3.05. The molecule has 23 heavy (non-hydrogen) atoms. The summed E-state index contributed by atoms with van der Waals surface area (Å²) >= 11 is 0. The summed E-state index contributed by atoms with van der Waals surface area (Å²) in [7, 11) is 0. The van der Waals surface area contributed by atoms with E-state index in [1.807, 2.05) is 0 Å². The molecule has 2 rings (SSSR count). The molecule has 9 nitrogen and oxygen atoms in total. The molecule has 0 spiro atoms. The Labute approximate surface area is 131 Å². The molecular formula is C14H16N4O5. The normalized spacial score (nSPS) is 17.1. The summed E-state index contributed by atoms with van der Waals surface area (Å²) in [6.45, 7) is 0.963. The molecule has 0 aromatic heterocycles. The number of nitrogens with one attached hydrogen (secondary N) is 2. The SMILES string of the molecule is O=C(NCC1CCCO1)C(=O)N/N=C/c1ccc([N+](=O)[O-])cc1. The number of benzene rings is 1. The van der Waals surface area contributed by atoms with Crippen LogP contribution < -0.4 is 10.7 Å². The number of ether oxygens (including phenoxy) is 1. The van der Waals surface area contributed by atoms with Gasteiger partial charge >= 0.3 is 11.8 Å². The molecule has 2 amide bonds. The smallest absolute Gasteiger partial charge is 0.329 e. The summed E-state index contributed by atoms with van der Waals surface area (Å²) in [5, 5.41) is 16.6. The molecule has 1 unspecified atom stereocenters. The number of rotatable bonds is 5. The lowest BCUT2D eigenvalue weighted by atomic mass is 10.2. The van der Waals surface area contributed by atoms with E-state index in [1.165, 1.54) is 30.5 Å². The van der Waals surface area contributed by atoms with Crippen molar-refractivity contribution in [2.24, 2.45) is 5.10 Å². The van der Waals surface area contributed by atoms with Crippen LogP contribution in [-0.4, -0.2) is 42.2 Å². The van der Waals surface area contributed by atoms with Gasteiger partial charge in [0.25, 0.3) is 5.69 Å². The first kappa shape index (κ1) is 16.6. The number of amides is 2. The highest BCUT2D eigenvalue weighted by molar-refractivity contribution is 6.35. The summed E-state index contributed by atoms with van der Waals surface area (Å²) in [6, 6.07) is 5.59. The van der Waals surface area contributed by atoms with Crippen molar-refractivity contribution < 1.29 is 19.2 Å². The first-order valence-electron chi connectivity index (χ1n) is 7.03. The first-order valence-corrected chi connectivity index (χ1v) is 7.03. The molecule has 1 aromatic rings. The lowest BCUT2D eigenvalue weighted by Crippen LogP contribution is -2.41. The highest BCUT2D eigenvalue weighted by atomic mass is 16.6.